The van der Waals surface area contributed by atoms with Crippen LogP contribution in [0.2, 0.25) is 0 Å². The fourth-order valence-corrected chi connectivity index (χ4v) is 2.51. The van der Waals surface area contributed by atoms with Gasteiger partial charge in [-0.2, -0.15) is 0 Å². The van der Waals surface area contributed by atoms with Crippen molar-refractivity contribution in [3.8, 4) is 0 Å². The number of aromatic nitrogens is 1. The van der Waals surface area contributed by atoms with E-state index >= 15 is 0 Å². The van der Waals surface area contributed by atoms with Crippen molar-refractivity contribution in [2.45, 2.75) is 33.2 Å². The molecule has 0 saturated carbocycles. The summed E-state index contributed by atoms with van der Waals surface area (Å²) in [5.41, 5.74) is 0.751. The molecule has 6 heteroatoms. The Balaban J connectivity index is 2.51. The van der Waals surface area contributed by atoms with E-state index in [1.54, 1.807) is 19.1 Å². The largest absolute Gasteiger partial charge is 0.422 e. The van der Waals surface area contributed by atoms with Gasteiger partial charge in [0.2, 0.25) is 0 Å². The van der Waals surface area contributed by atoms with Crippen LogP contribution in [0.5, 0.6) is 0 Å². The molecule has 0 spiro atoms. The van der Waals surface area contributed by atoms with E-state index in [0.29, 0.717) is 27.7 Å². The maximum atomic E-state index is 13.9. The minimum atomic E-state index is -0.764. The molecule has 0 saturated heterocycles. The van der Waals surface area contributed by atoms with Crippen molar-refractivity contribution in [3.05, 3.63) is 66.3 Å². The van der Waals surface area contributed by atoms with Crippen molar-refractivity contribution >= 4 is 15.9 Å². The maximum Gasteiger partial charge on any atom is 0.422 e. The van der Waals surface area contributed by atoms with E-state index in [0.717, 1.165) is 6.42 Å². The van der Waals surface area contributed by atoms with Crippen LogP contribution in [0.15, 0.2) is 36.7 Å². The first-order valence-corrected chi connectivity index (χ1v) is 7.40. The van der Waals surface area contributed by atoms with Gasteiger partial charge in [-0.3, -0.25) is 4.57 Å². The van der Waals surface area contributed by atoms with Gasteiger partial charge in [0.05, 0.1) is 12.1 Å². The lowest BCUT2D eigenvalue weighted by molar-refractivity contribution is 0.394. The average molecular weight is 356 g/mol. The molecule has 1 aromatic carbocycles. The zero-order valence-electron chi connectivity index (χ0n) is 11.8. The van der Waals surface area contributed by atoms with Crippen LogP contribution >= 0.6 is 15.9 Å². The van der Waals surface area contributed by atoms with Crippen LogP contribution < -0.4 is 11.4 Å². The molecule has 4 nitrogen and oxygen atoms in total. The smallest absolute Gasteiger partial charge is 0.372 e. The highest BCUT2D eigenvalue weighted by atomic mass is 79.9. The van der Waals surface area contributed by atoms with Crippen molar-refractivity contribution in [2.24, 2.45) is 0 Å². The Labute approximate surface area is 129 Å². The summed E-state index contributed by atoms with van der Waals surface area (Å²) in [5.74, 6) is -1.18. The van der Waals surface area contributed by atoms with E-state index in [1.807, 2.05) is 6.92 Å². The molecule has 0 radical (unpaired) electrons. The van der Waals surface area contributed by atoms with E-state index in [4.69, 9.17) is 4.42 Å². The Morgan fingerprint density at radius 3 is 2.67 bits per heavy atom. The van der Waals surface area contributed by atoms with Gasteiger partial charge >= 0.3 is 11.4 Å². The van der Waals surface area contributed by atoms with Crippen LogP contribution in [-0.2, 0) is 13.0 Å². The lowest BCUT2D eigenvalue weighted by atomic mass is 10.1. The van der Waals surface area contributed by atoms with E-state index in [1.165, 1.54) is 10.6 Å². The Morgan fingerprint density at radius 2 is 2.05 bits per heavy atom. The predicted octanol–water partition coefficient (Wildman–Crippen LogP) is 3.01. The fourth-order valence-electron chi connectivity index (χ4n) is 2.18. The third kappa shape index (κ3) is 3.32. The standard InChI is InChI=1S/C15H15BrFNO3/c1-3-4-12-9(2)18(15(20)21-14(12)19)8-10-5-6-11(16)7-13(10)17/h5-7H,3-4,8H2,1-2H3. The lowest BCUT2D eigenvalue weighted by Crippen LogP contribution is -2.30. The fraction of sp³-hybridized carbons (Fsp3) is 0.333. The van der Waals surface area contributed by atoms with Crippen LogP contribution in [0.25, 0.3) is 0 Å². The summed E-state index contributed by atoms with van der Waals surface area (Å²) in [4.78, 5) is 23.6. The molecule has 1 aromatic heterocycles. The summed E-state index contributed by atoms with van der Waals surface area (Å²) in [5, 5.41) is 0. The number of benzene rings is 1. The van der Waals surface area contributed by atoms with Crippen LogP contribution in [0.3, 0.4) is 0 Å². The molecule has 0 atom stereocenters. The SMILES string of the molecule is CCCc1c(C)n(Cc2ccc(Br)cc2F)c(=O)oc1=O. The molecule has 2 aromatic rings. The lowest BCUT2D eigenvalue weighted by Gasteiger charge is -2.12. The van der Waals surface area contributed by atoms with Gasteiger partial charge in [0.25, 0.3) is 0 Å². The van der Waals surface area contributed by atoms with Crippen LogP contribution in [0.4, 0.5) is 4.39 Å². The maximum absolute atomic E-state index is 13.9. The monoisotopic (exact) mass is 355 g/mol. The first kappa shape index (κ1) is 15.7. The molecule has 0 unspecified atom stereocenters. The highest BCUT2D eigenvalue weighted by molar-refractivity contribution is 9.10. The van der Waals surface area contributed by atoms with Crippen molar-refractivity contribution in [2.75, 3.05) is 0 Å². The van der Waals surface area contributed by atoms with E-state index in [-0.39, 0.29) is 6.54 Å². The summed E-state index contributed by atoms with van der Waals surface area (Å²) in [6, 6.07) is 4.63. The normalized spacial score (nSPS) is 10.9. The first-order valence-electron chi connectivity index (χ1n) is 6.61. The van der Waals surface area contributed by atoms with Crippen LogP contribution in [-0.4, -0.2) is 4.57 Å². The Hall–Kier alpha value is -1.69. The van der Waals surface area contributed by atoms with Crippen LogP contribution in [0, 0.1) is 12.7 Å². The van der Waals surface area contributed by atoms with Gasteiger partial charge in [0, 0.05) is 15.7 Å². The van der Waals surface area contributed by atoms with E-state index in [9.17, 15) is 14.0 Å². The van der Waals surface area contributed by atoms with Crippen molar-refractivity contribution in [1.29, 1.82) is 0 Å². The number of hydrogen-bond acceptors (Lipinski definition) is 3. The molecule has 2 rings (SSSR count). The summed E-state index contributed by atoms with van der Waals surface area (Å²) >= 11 is 3.18. The molecular formula is C15H15BrFNO3. The highest BCUT2D eigenvalue weighted by Crippen LogP contribution is 2.16. The second kappa shape index (κ2) is 6.39. The van der Waals surface area contributed by atoms with Gasteiger partial charge in [-0.1, -0.05) is 35.3 Å². The first-order chi connectivity index (χ1) is 9.93. The quantitative estimate of drug-likeness (QED) is 0.846. The number of rotatable bonds is 4. The predicted molar refractivity (Wildman–Crippen MR) is 81.2 cm³/mol. The second-order valence-electron chi connectivity index (χ2n) is 4.79. The molecule has 0 aliphatic carbocycles. The Kier molecular flexibility index (Phi) is 4.77. The van der Waals surface area contributed by atoms with Gasteiger partial charge in [-0.25, -0.2) is 14.0 Å². The summed E-state index contributed by atoms with van der Waals surface area (Å²) in [6.45, 7) is 3.65. The average Bonchev–Trinajstić information content (AvgIpc) is 2.41. The zero-order valence-corrected chi connectivity index (χ0v) is 13.4. The Bertz CT molecular complexity index is 779. The highest BCUT2D eigenvalue weighted by Gasteiger charge is 2.14. The molecule has 0 N–H and O–H groups in total. The van der Waals surface area contributed by atoms with E-state index in [2.05, 4.69) is 15.9 Å². The molecular weight excluding hydrogens is 341 g/mol. The molecule has 0 fully saturated rings. The molecule has 21 heavy (non-hydrogen) atoms. The van der Waals surface area contributed by atoms with Gasteiger partial charge < -0.3 is 4.42 Å². The Morgan fingerprint density at radius 1 is 1.33 bits per heavy atom. The van der Waals surface area contributed by atoms with Gasteiger partial charge in [0.15, 0.2) is 0 Å². The van der Waals surface area contributed by atoms with Crippen LogP contribution in [0.1, 0.15) is 30.2 Å². The van der Waals surface area contributed by atoms with Gasteiger partial charge in [-0.05, 0) is 25.5 Å². The summed E-state index contributed by atoms with van der Waals surface area (Å²) in [7, 11) is 0. The van der Waals surface area contributed by atoms with Crippen molar-refractivity contribution in [3.63, 3.8) is 0 Å². The minimum absolute atomic E-state index is 0.0320. The van der Waals surface area contributed by atoms with E-state index < -0.39 is 17.2 Å². The third-order valence-electron chi connectivity index (χ3n) is 3.33. The molecule has 0 bridgehead atoms. The minimum Gasteiger partial charge on any atom is -0.372 e. The van der Waals surface area contributed by atoms with Crippen molar-refractivity contribution in [1.82, 2.24) is 4.57 Å². The van der Waals surface area contributed by atoms with Gasteiger partial charge in [-0.15, -0.1) is 0 Å². The van der Waals surface area contributed by atoms with Gasteiger partial charge in [0.1, 0.15) is 5.82 Å². The zero-order chi connectivity index (χ0) is 15.6. The molecule has 112 valence electrons. The summed E-state index contributed by atoms with van der Waals surface area (Å²) < 4.78 is 20.5. The number of halogens is 2. The number of hydrogen-bond donors (Lipinski definition) is 0. The summed E-state index contributed by atoms with van der Waals surface area (Å²) in [6.07, 6.45) is 1.29. The third-order valence-corrected chi connectivity index (χ3v) is 3.83. The number of nitrogens with zero attached hydrogens (tertiary/aromatic N) is 1. The molecule has 0 aliphatic heterocycles. The topological polar surface area (TPSA) is 52.2 Å². The van der Waals surface area contributed by atoms with Crippen molar-refractivity contribution < 1.29 is 8.81 Å². The molecule has 0 aliphatic rings. The molecule has 0 amide bonds. The second-order valence-corrected chi connectivity index (χ2v) is 5.71. The molecule has 1 heterocycles.